The van der Waals surface area contributed by atoms with Gasteiger partial charge in [-0.25, -0.2) is 4.79 Å². The molecule has 0 amide bonds. The smallest absolute Gasteiger partial charge is 0.337 e. The quantitative estimate of drug-likeness (QED) is 0.292. The van der Waals surface area contributed by atoms with E-state index in [1.807, 2.05) is 6.92 Å². The number of carbonyl (C=O) groups is 1. The molecule has 4 unspecified atom stereocenters. The van der Waals surface area contributed by atoms with Gasteiger partial charge >= 0.3 is 5.97 Å². The van der Waals surface area contributed by atoms with Gasteiger partial charge in [-0.05, 0) is 44.9 Å². The van der Waals surface area contributed by atoms with Crippen molar-refractivity contribution in [3.63, 3.8) is 0 Å². The number of allylic oxidation sites excluding steroid dienone is 3. The molecule has 3 nitrogen and oxygen atoms in total. The molecule has 1 heterocycles. The molecule has 0 radical (unpaired) electrons. The molecule has 0 saturated heterocycles. The lowest BCUT2D eigenvalue weighted by atomic mass is 9.82. The Kier molecular flexibility index (Phi) is 5.47. The van der Waals surface area contributed by atoms with Crippen molar-refractivity contribution in [3.05, 3.63) is 23.5 Å². The van der Waals surface area contributed by atoms with Crippen LogP contribution in [0, 0.1) is 11.8 Å². The fourth-order valence-electron chi connectivity index (χ4n) is 3.94. The van der Waals surface area contributed by atoms with E-state index in [0.29, 0.717) is 16.4 Å². The predicted octanol–water partition coefficient (Wildman–Crippen LogP) is 4.55. The lowest BCUT2D eigenvalue weighted by Crippen LogP contribution is -2.34. The first-order chi connectivity index (χ1) is 10.7. The fraction of sp³-hybridized carbons (Fsp3) is 0.722. The van der Waals surface area contributed by atoms with Gasteiger partial charge in [-0.15, -0.1) is 0 Å². The maximum atomic E-state index is 12.5. The summed E-state index contributed by atoms with van der Waals surface area (Å²) in [4.78, 5) is 12.5. The van der Waals surface area contributed by atoms with E-state index >= 15 is 0 Å². The van der Waals surface area contributed by atoms with Crippen LogP contribution in [0.15, 0.2) is 23.5 Å². The summed E-state index contributed by atoms with van der Waals surface area (Å²) in [5.41, 5.74) is 0.854. The molecule has 0 aromatic heterocycles. The van der Waals surface area contributed by atoms with E-state index in [4.69, 9.17) is 9.47 Å². The summed E-state index contributed by atoms with van der Waals surface area (Å²) in [5.74, 6) is 1.54. The summed E-state index contributed by atoms with van der Waals surface area (Å²) in [6.07, 6.45) is 12.6. The highest BCUT2D eigenvalue weighted by Crippen LogP contribution is 2.45. The minimum atomic E-state index is -0.143. The molecule has 0 bridgehead atoms. The van der Waals surface area contributed by atoms with Crippen LogP contribution < -0.4 is 0 Å². The monoisotopic (exact) mass is 416 g/mol. The third-order valence-electron chi connectivity index (χ3n) is 4.99. The Balaban J connectivity index is 1.83. The standard InChI is InChI=1S/C18H25IO3/c1-2-21-18(20)16-13-9-6-10-14(19)17(13)22-15(16)11-12-7-4-3-5-8-12/h4,7,12-14,17H,2-3,5-6,8-11H2,1H3. The van der Waals surface area contributed by atoms with Gasteiger partial charge in [-0.1, -0.05) is 41.2 Å². The average Bonchev–Trinajstić information content (AvgIpc) is 2.88. The summed E-state index contributed by atoms with van der Waals surface area (Å²) >= 11 is 2.49. The number of hydrogen-bond donors (Lipinski definition) is 0. The molecule has 1 fully saturated rings. The number of fused-ring (bicyclic) bond motifs is 1. The lowest BCUT2D eigenvalue weighted by Gasteiger charge is -2.30. The largest absolute Gasteiger partial charge is 0.492 e. The predicted molar refractivity (Wildman–Crippen MR) is 94.8 cm³/mol. The van der Waals surface area contributed by atoms with Crippen molar-refractivity contribution in [2.24, 2.45) is 11.8 Å². The minimum absolute atomic E-state index is 0.143. The van der Waals surface area contributed by atoms with Gasteiger partial charge < -0.3 is 9.47 Å². The molecule has 0 aromatic carbocycles. The van der Waals surface area contributed by atoms with Gasteiger partial charge in [0.2, 0.25) is 0 Å². The van der Waals surface area contributed by atoms with E-state index in [1.54, 1.807) is 0 Å². The minimum Gasteiger partial charge on any atom is -0.492 e. The van der Waals surface area contributed by atoms with Crippen LogP contribution in [-0.2, 0) is 14.3 Å². The summed E-state index contributed by atoms with van der Waals surface area (Å²) in [6.45, 7) is 2.31. The summed E-state index contributed by atoms with van der Waals surface area (Å²) in [6, 6.07) is 0. The van der Waals surface area contributed by atoms with Crippen LogP contribution in [0.4, 0.5) is 0 Å². The average molecular weight is 416 g/mol. The van der Waals surface area contributed by atoms with E-state index in [-0.39, 0.29) is 18.0 Å². The highest BCUT2D eigenvalue weighted by Gasteiger charge is 2.45. The second kappa shape index (κ2) is 7.37. The zero-order chi connectivity index (χ0) is 15.5. The Morgan fingerprint density at radius 3 is 2.95 bits per heavy atom. The van der Waals surface area contributed by atoms with Crippen LogP contribution in [0.3, 0.4) is 0 Å². The van der Waals surface area contributed by atoms with Gasteiger partial charge in [0.1, 0.15) is 11.9 Å². The van der Waals surface area contributed by atoms with Crippen LogP contribution >= 0.6 is 22.6 Å². The molecular formula is C18H25IO3. The van der Waals surface area contributed by atoms with E-state index in [9.17, 15) is 4.79 Å². The topological polar surface area (TPSA) is 35.5 Å². The SMILES string of the molecule is CCOC(=O)C1=C(CC2C=CCCC2)OC2C(I)CCCC12. The second-order valence-corrected chi connectivity index (χ2v) is 8.12. The Bertz CT molecular complexity index is 483. The molecular weight excluding hydrogens is 391 g/mol. The summed E-state index contributed by atoms with van der Waals surface area (Å²) in [7, 11) is 0. The molecule has 0 spiro atoms. The third-order valence-corrected chi connectivity index (χ3v) is 6.33. The number of hydrogen-bond acceptors (Lipinski definition) is 3. The van der Waals surface area contributed by atoms with Crippen molar-refractivity contribution in [1.82, 2.24) is 0 Å². The normalized spacial score (nSPS) is 34.3. The van der Waals surface area contributed by atoms with Crippen molar-refractivity contribution < 1.29 is 14.3 Å². The Labute approximate surface area is 146 Å². The maximum Gasteiger partial charge on any atom is 0.337 e. The van der Waals surface area contributed by atoms with Crippen molar-refractivity contribution in [2.75, 3.05) is 6.61 Å². The summed E-state index contributed by atoms with van der Waals surface area (Å²) < 4.78 is 12.1. The molecule has 4 heteroatoms. The number of esters is 1. The molecule has 122 valence electrons. The zero-order valence-corrected chi connectivity index (χ0v) is 15.4. The van der Waals surface area contributed by atoms with Crippen molar-refractivity contribution in [3.8, 4) is 0 Å². The number of alkyl halides is 1. The number of carbonyl (C=O) groups excluding carboxylic acids is 1. The van der Waals surface area contributed by atoms with Gasteiger partial charge in [0.15, 0.2) is 0 Å². The highest BCUT2D eigenvalue weighted by molar-refractivity contribution is 14.1. The van der Waals surface area contributed by atoms with Crippen LogP contribution in [0.2, 0.25) is 0 Å². The van der Waals surface area contributed by atoms with E-state index in [1.165, 1.54) is 32.1 Å². The first-order valence-corrected chi connectivity index (χ1v) is 9.82. The van der Waals surface area contributed by atoms with Gasteiger partial charge in [0, 0.05) is 16.3 Å². The van der Waals surface area contributed by atoms with E-state index in [2.05, 4.69) is 34.7 Å². The summed E-state index contributed by atoms with van der Waals surface area (Å²) in [5, 5.41) is 0. The first kappa shape index (κ1) is 16.3. The van der Waals surface area contributed by atoms with E-state index in [0.717, 1.165) is 24.2 Å². The molecule has 2 aliphatic carbocycles. The number of ether oxygens (including phenoxy) is 2. The fourth-order valence-corrected chi connectivity index (χ4v) is 5.02. The van der Waals surface area contributed by atoms with Gasteiger partial charge in [0.05, 0.1) is 12.2 Å². The van der Waals surface area contributed by atoms with Crippen molar-refractivity contribution in [1.29, 1.82) is 0 Å². The maximum absolute atomic E-state index is 12.5. The molecule has 0 aromatic rings. The Morgan fingerprint density at radius 1 is 1.36 bits per heavy atom. The Morgan fingerprint density at radius 2 is 2.23 bits per heavy atom. The van der Waals surface area contributed by atoms with Crippen LogP contribution in [0.5, 0.6) is 0 Å². The highest BCUT2D eigenvalue weighted by atomic mass is 127. The van der Waals surface area contributed by atoms with Crippen LogP contribution in [0.1, 0.15) is 51.9 Å². The van der Waals surface area contributed by atoms with Gasteiger partial charge in [0.25, 0.3) is 0 Å². The molecule has 4 atom stereocenters. The number of rotatable bonds is 4. The van der Waals surface area contributed by atoms with Gasteiger partial charge in [-0.3, -0.25) is 0 Å². The molecule has 1 aliphatic heterocycles. The lowest BCUT2D eigenvalue weighted by molar-refractivity contribution is -0.139. The van der Waals surface area contributed by atoms with Crippen molar-refractivity contribution in [2.45, 2.75) is 61.9 Å². The molecule has 3 rings (SSSR count). The molecule has 1 saturated carbocycles. The second-order valence-electron chi connectivity index (χ2n) is 6.52. The van der Waals surface area contributed by atoms with E-state index < -0.39 is 0 Å². The molecule has 3 aliphatic rings. The molecule has 0 N–H and O–H groups in total. The third kappa shape index (κ3) is 3.36. The first-order valence-electron chi connectivity index (χ1n) is 8.58. The van der Waals surface area contributed by atoms with Crippen LogP contribution in [0.25, 0.3) is 0 Å². The zero-order valence-electron chi connectivity index (χ0n) is 13.2. The molecule has 22 heavy (non-hydrogen) atoms. The van der Waals surface area contributed by atoms with Crippen LogP contribution in [-0.4, -0.2) is 22.6 Å². The number of halogens is 1. The van der Waals surface area contributed by atoms with Gasteiger partial charge in [-0.2, -0.15) is 0 Å². The Hall–Kier alpha value is -0.520. The van der Waals surface area contributed by atoms with Crippen molar-refractivity contribution >= 4 is 28.6 Å².